The van der Waals surface area contributed by atoms with Crippen molar-refractivity contribution in [2.75, 3.05) is 7.11 Å². The van der Waals surface area contributed by atoms with Gasteiger partial charge in [0.05, 0.1) is 22.7 Å². The SMILES string of the molecule is COc1ccc([N+](=O)[O-])cc1N=Cc1cc(Br)c(Sc2ccc(Cl)cc2)o1. The largest absolute Gasteiger partial charge is 0.494 e. The van der Waals surface area contributed by atoms with Crippen LogP contribution >= 0.6 is 39.3 Å². The lowest BCUT2D eigenvalue weighted by molar-refractivity contribution is -0.384. The molecule has 0 aliphatic carbocycles. The first kappa shape index (κ1) is 19.5. The number of nitro groups is 1. The number of hydrogen-bond acceptors (Lipinski definition) is 6. The van der Waals surface area contributed by atoms with E-state index >= 15 is 0 Å². The van der Waals surface area contributed by atoms with Crippen molar-refractivity contribution in [3.63, 3.8) is 0 Å². The molecule has 0 bridgehead atoms. The smallest absolute Gasteiger partial charge is 0.271 e. The lowest BCUT2D eigenvalue weighted by Crippen LogP contribution is -1.89. The highest BCUT2D eigenvalue weighted by atomic mass is 79.9. The number of ether oxygens (including phenoxy) is 1. The summed E-state index contributed by atoms with van der Waals surface area (Å²) >= 11 is 10.8. The molecule has 0 radical (unpaired) electrons. The first-order chi connectivity index (χ1) is 13.0. The van der Waals surface area contributed by atoms with E-state index in [-0.39, 0.29) is 5.69 Å². The highest BCUT2D eigenvalue weighted by Gasteiger charge is 2.12. The average Bonchev–Trinajstić information content (AvgIpc) is 3.01. The van der Waals surface area contributed by atoms with Gasteiger partial charge in [0.1, 0.15) is 17.2 Å². The van der Waals surface area contributed by atoms with Crippen molar-refractivity contribution in [3.05, 3.63) is 73.9 Å². The average molecular weight is 468 g/mol. The van der Waals surface area contributed by atoms with Gasteiger partial charge >= 0.3 is 0 Å². The molecule has 3 rings (SSSR count). The fraction of sp³-hybridized carbons (Fsp3) is 0.0556. The van der Waals surface area contributed by atoms with E-state index in [4.69, 9.17) is 20.8 Å². The summed E-state index contributed by atoms with van der Waals surface area (Å²) in [7, 11) is 1.48. The molecule has 0 aliphatic heterocycles. The Bertz CT molecular complexity index is 1010. The fourth-order valence-corrected chi connectivity index (χ4v) is 3.59. The third-order valence-electron chi connectivity index (χ3n) is 3.40. The van der Waals surface area contributed by atoms with E-state index in [0.717, 1.165) is 9.37 Å². The van der Waals surface area contributed by atoms with Gasteiger partial charge in [-0.05, 0) is 46.3 Å². The second-order valence-electron chi connectivity index (χ2n) is 5.21. The highest BCUT2D eigenvalue weighted by Crippen LogP contribution is 2.36. The van der Waals surface area contributed by atoms with Crippen LogP contribution in [0.25, 0.3) is 0 Å². The number of rotatable bonds is 6. The van der Waals surface area contributed by atoms with Crippen LogP contribution in [0.2, 0.25) is 5.02 Å². The molecule has 2 aromatic carbocycles. The number of methoxy groups -OCH3 is 1. The lowest BCUT2D eigenvalue weighted by atomic mass is 10.2. The lowest BCUT2D eigenvalue weighted by Gasteiger charge is -2.03. The quantitative estimate of drug-likeness (QED) is 0.234. The first-order valence-corrected chi connectivity index (χ1v) is 9.54. The normalized spacial score (nSPS) is 11.1. The monoisotopic (exact) mass is 466 g/mol. The van der Waals surface area contributed by atoms with Crippen LogP contribution in [0, 0.1) is 10.1 Å². The van der Waals surface area contributed by atoms with Gasteiger partial charge < -0.3 is 9.15 Å². The van der Waals surface area contributed by atoms with Crippen LogP contribution in [0.1, 0.15) is 5.76 Å². The van der Waals surface area contributed by atoms with E-state index in [2.05, 4.69) is 20.9 Å². The summed E-state index contributed by atoms with van der Waals surface area (Å²) in [5.41, 5.74) is 0.272. The highest BCUT2D eigenvalue weighted by molar-refractivity contribution is 9.10. The minimum absolute atomic E-state index is 0.0671. The molecule has 1 aromatic heterocycles. The van der Waals surface area contributed by atoms with Gasteiger partial charge in [-0.15, -0.1) is 0 Å². The number of benzene rings is 2. The van der Waals surface area contributed by atoms with Crippen molar-refractivity contribution < 1.29 is 14.1 Å². The maximum absolute atomic E-state index is 10.9. The van der Waals surface area contributed by atoms with Gasteiger partial charge in [0.15, 0.2) is 5.09 Å². The summed E-state index contributed by atoms with van der Waals surface area (Å²) in [5.74, 6) is 0.921. The summed E-state index contributed by atoms with van der Waals surface area (Å²) in [4.78, 5) is 15.7. The predicted molar refractivity (Wildman–Crippen MR) is 109 cm³/mol. The van der Waals surface area contributed by atoms with E-state index in [9.17, 15) is 10.1 Å². The molecule has 1 heterocycles. The van der Waals surface area contributed by atoms with Crippen molar-refractivity contribution in [3.8, 4) is 5.75 Å². The Balaban J connectivity index is 1.83. The molecule has 0 aliphatic rings. The summed E-state index contributed by atoms with van der Waals surface area (Å²) in [6, 6.07) is 13.4. The Labute approximate surface area is 172 Å². The minimum atomic E-state index is -0.483. The van der Waals surface area contributed by atoms with Gasteiger partial charge in [0.2, 0.25) is 0 Å². The van der Waals surface area contributed by atoms with Crippen molar-refractivity contribution >= 4 is 56.9 Å². The molecule has 0 unspecified atom stereocenters. The predicted octanol–water partition coefficient (Wildman–Crippen LogP) is 6.51. The Kier molecular flexibility index (Phi) is 6.20. The van der Waals surface area contributed by atoms with Gasteiger partial charge in [-0.1, -0.05) is 23.4 Å². The minimum Gasteiger partial charge on any atom is -0.494 e. The standard InChI is InChI=1S/C18H12BrClN2O4S/c1-25-17-7-4-12(22(23)24)8-16(17)21-10-13-9-15(19)18(26-13)27-14-5-2-11(20)3-6-14/h2-10H,1H3. The molecule has 0 fully saturated rings. The number of hydrogen-bond donors (Lipinski definition) is 0. The van der Waals surface area contributed by atoms with Crippen LogP contribution in [0.5, 0.6) is 5.75 Å². The number of nitro benzene ring substituents is 1. The number of aliphatic imine (C=N–C) groups is 1. The van der Waals surface area contributed by atoms with Crippen molar-refractivity contribution in [1.82, 2.24) is 0 Å². The second-order valence-corrected chi connectivity index (χ2v) is 7.55. The van der Waals surface area contributed by atoms with Gasteiger partial charge in [-0.2, -0.15) is 0 Å². The summed E-state index contributed by atoms with van der Waals surface area (Å²) in [6.45, 7) is 0. The third kappa shape index (κ3) is 4.91. The van der Waals surface area contributed by atoms with Crippen LogP contribution in [0.4, 0.5) is 11.4 Å². The summed E-state index contributed by atoms with van der Waals surface area (Å²) in [6.07, 6.45) is 1.48. The van der Waals surface area contributed by atoms with Crippen LogP contribution in [0.3, 0.4) is 0 Å². The molecule has 0 saturated heterocycles. The molecule has 0 spiro atoms. The Morgan fingerprint density at radius 3 is 2.67 bits per heavy atom. The third-order valence-corrected chi connectivity index (χ3v) is 5.50. The van der Waals surface area contributed by atoms with Crippen molar-refractivity contribution in [2.45, 2.75) is 9.99 Å². The zero-order chi connectivity index (χ0) is 19.4. The Morgan fingerprint density at radius 2 is 2.00 bits per heavy atom. The molecule has 9 heteroatoms. The van der Waals surface area contributed by atoms with E-state index in [1.165, 1.54) is 43.3 Å². The molecule has 138 valence electrons. The maximum atomic E-state index is 10.9. The summed E-state index contributed by atoms with van der Waals surface area (Å²) < 4.78 is 11.7. The fourth-order valence-electron chi connectivity index (χ4n) is 2.14. The zero-order valence-corrected chi connectivity index (χ0v) is 17.0. The van der Waals surface area contributed by atoms with Crippen LogP contribution in [-0.2, 0) is 0 Å². The van der Waals surface area contributed by atoms with E-state index in [1.54, 1.807) is 18.2 Å². The van der Waals surface area contributed by atoms with Crippen molar-refractivity contribution in [2.24, 2.45) is 4.99 Å². The van der Waals surface area contributed by atoms with Gasteiger partial charge in [-0.3, -0.25) is 10.1 Å². The van der Waals surface area contributed by atoms with E-state index in [1.807, 2.05) is 12.1 Å². The number of non-ortho nitro benzene ring substituents is 1. The van der Waals surface area contributed by atoms with Crippen LogP contribution < -0.4 is 4.74 Å². The first-order valence-electron chi connectivity index (χ1n) is 7.55. The van der Waals surface area contributed by atoms with Crippen molar-refractivity contribution in [1.29, 1.82) is 0 Å². The molecule has 6 nitrogen and oxygen atoms in total. The molecule has 0 atom stereocenters. The molecule has 3 aromatic rings. The molecule has 27 heavy (non-hydrogen) atoms. The Hall–Kier alpha value is -2.29. The van der Waals surface area contributed by atoms with Gasteiger partial charge in [0, 0.05) is 28.1 Å². The van der Waals surface area contributed by atoms with E-state index in [0.29, 0.717) is 27.3 Å². The number of halogens is 2. The van der Waals surface area contributed by atoms with Gasteiger partial charge in [-0.25, -0.2) is 4.99 Å². The zero-order valence-electron chi connectivity index (χ0n) is 13.9. The number of nitrogens with zero attached hydrogens (tertiary/aromatic N) is 2. The molecular weight excluding hydrogens is 456 g/mol. The second kappa shape index (κ2) is 8.60. The molecule has 0 amide bonds. The number of furan rings is 1. The van der Waals surface area contributed by atoms with Crippen LogP contribution in [0.15, 0.2) is 72.4 Å². The molecular formula is C18H12BrClN2O4S. The topological polar surface area (TPSA) is 77.9 Å². The summed E-state index contributed by atoms with van der Waals surface area (Å²) in [5, 5.41) is 12.3. The molecule has 0 N–H and O–H groups in total. The van der Waals surface area contributed by atoms with Gasteiger partial charge in [0.25, 0.3) is 5.69 Å². The van der Waals surface area contributed by atoms with E-state index < -0.39 is 4.92 Å². The van der Waals surface area contributed by atoms with Crippen LogP contribution in [-0.4, -0.2) is 18.2 Å². The maximum Gasteiger partial charge on any atom is 0.271 e. The molecule has 0 saturated carbocycles. The Morgan fingerprint density at radius 1 is 1.26 bits per heavy atom.